The van der Waals surface area contributed by atoms with Gasteiger partial charge in [-0.15, -0.1) is 0 Å². The van der Waals surface area contributed by atoms with Gasteiger partial charge in [0.25, 0.3) is 5.69 Å². The van der Waals surface area contributed by atoms with Crippen LogP contribution in [-0.4, -0.2) is 16.0 Å². The first-order valence-electron chi connectivity index (χ1n) is 6.22. The van der Waals surface area contributed by atoms with Crippen molar-refractivity contribution in [2.24, 2.45) is 0 Å². The third-order valence-electron chi connectivity index (χ3n) is 2.92. The number of non-ortho nitro benzene ring substituents is 1. The highest BCUT2D eigenvalue weighted by Crippen LogP contribution is 2.23. The number of carbonyl (C=O) groups is 1. The van der Waals surface area contributed by atoms with E-state index in [4.69, 9.17) is 4.74 Å². The normalized spacial score (nSPS) is 11.7. The topological polar surface area (TPSA) is 89.7 Å². The van der Waals surface area contributed by atoms with Crippen LogP contribution in [0.4, 0.5) is 5.69 Å². The lowest BCUT2D eigenvalue weighted by atomic mass is 10.1. The summed E-state index contributed by atoms with van der Waals surface area (Å²) >= 11 is 0. The maximum absolute atomic E-state index is 11.9. The summed E-state index contributed by atoms with van der Waals surface area (Å²) in [4.78, 5) is 22.2. The number of nitro benzene ring substituents is 1. The summed E-state index contributed by atoms with van der Waals surface area (Å²) in [6, 6.07) is 11.7. The molecule has 0 amide bonds. The lowest BCUT2D eigenvalue weighted by molar-refractivity contribution is -0.385. The van der Waals surface area contributed by atoms with Crippen LogP contribution in [0.3, 0.4) is 0 Å². The van der Waals surface area contributed by atoms with Crippen molar-refractivity contribution in [2.75, 3.05) is 0 Å². The van der Waals surface area contributed by atoms with Crippen LogP contribution in [0.25, 0.3) is 0 Å². The van der Waals surface area contributed by atoms with Crippen molar-refractivity contribution >= 4 is 11.7 Å². The van der Waals surface area contributed by atoms with E-state index in [-0.39, 0.29) is 17.0 Å². The Kier molecular flexibility index (Phi) is 4.18. The van der Waals surface area contributed by atoms with Crippen LogP contribution in [0, 0.1) is 10.1 Å². The molecule has 108 valence electrons. The molecular weight excluding hydrogens is 274 g/mol. The number of hydrogen-bond donors (Lipinski definition) is 1. The number of ether oxygens (including phenoxy) is 1. The second-order valence-electron chi connectivity index (χ2n) is 4.45. The van der Waals surface area contributed by atoms with Crippen molar-refractivity contribution < 1.29 is 19.6 Å². The minimum atomic E-state index is -0.639. The quantitative estimate of drug-likeness (QED) is 0.529. The van der Waals surface area contributed by atoms with Crippen molar-refractivity contribution in [3.05, 3.63) is 69.8 Å². The Labute approximate surface area is 120 Å². The number of phenols is 1. The molecule has 6 nitrogen and oxygen atoms in total. The minimum Gasteiger partial charge on any atom is -0.508 e. The predicted octanol–water partition coefficient (Wildman–Crippen LogP) is 3.22. The number of nitro groups is 1. The van der Waals surface area contributed by atoms with Crippen LogP contribution in [0.15, 0.2) is 48.5 Å². The van der Waals surface area contributed by atoms with Crippen LogP contribution < -0.4 is 0 Å². The number of carbonyl (C=O) groups excluding carboxylic acids is 1. The van der Waals surface area contributed by atoms with Gasteiger partial charge in [0.2, 0.25) is 0 Å². The van der Waals surface area contributed by atoms with Crippen LogP contribution in [0.1, 0.15) is 28.9 Å². The molecule has 1 unspecified atom stereocenters. The fourth-order valence-corrected chi connectivity index (χ4v) is 1.82. The molecule has 0 aromatic heterocycles. The lowest BCUT2D eigenvalue weighted by Crippen LogP contribution is -2.09. The molecule has 1 atom stereocenters. The molecular formula is C15H13NO5. The van der Waals surface area contributed by atoms with Gasteiger partial charge in [0, 0.05) is 12.1 Å². The molecule has 21 heavy (non-hydrogen) atoms. The monoisotopic (exact) mass is 287 g/mol. The number of hydrogen-bond acceptors (Lipinski definition) is 5. The highest BCUT2D eigenvalue weighted by atomic mass is 16.6. The van der Waals surface area contributed by atoms with E-state index in [2.05, 4.69) is 0 Å². The molecule has 0 bridgehead atoms. The third-order valence-corrected chi connectivity index (χ3v) is 2.92. The van der Waals surface area contributed by atoms with E-state index in [0.717, 1.165) is 0 Å². The highest BCUT2D eigenvalue weighted by Gasteiger charge is 2.16. The zero-order valence-electron chi connectivity index (χ0n) is 11.2. The first-order chi connectivity index (χ1) is 9.97. The summed E-state index contributed by atoms with van der Waals surface area (Å²) in [5, 5.41) is 20.1. The molecule has 1 N–H and O–H groups in total. The van der Waals surface area contributed by atoms with Crippen molar-refractivity contribution in [3.8, 4) is 5.75 Å². The Hall–Kier alpha value is -2.89. The Morgan fingerprint density at radius 3 is 2.62 bits per heavy atom. The van der Waals surface area contributed by atoms with E-state index in [0.29, 0.717) is 5.56 Å². The van der Waals surface area contributed by atoms with Crippen LogP contribution in [0.2, 0.25) is 0 Å². The van der Waals surface area contributed by atoms with Gasteiger partial charge >= 0.3 is 5.97 Å². The lowest BCUT2D eigenvalue weighted by Gasteiger charge is -2.13. The molecule has 0 fully saturated rings. The summed E-state index contributed by atoms with van der Waals surface area (Å²) < 4.78 is 5.24. The highest BCUT2D eigenvalue weighted by molar-refractivity contribution is 5.90. The van der Waals surface area contributed by atoms with E-state index < -0.39 is 17.0 Å². The van der Waals surface area contributed by atoms with Gasteiger partial charge in [-0.3, -0.25) is 10.1 Å². The van der Waals surface area contributed by atoms with E-state index in [1.807, 2.05) is 0 Å². The summed E-state index contributed by atoms with van der Waals surface area (Å²) in [7, 11) is 0. The van der Waals surface area contributed by atoms with E-state index in [9.17, 15) is 20.0 Å². The Balaban J connectivity index is 2.14. The predicted molar refractivity (Wildman–Crippen MR) is 75.0 cm³/mol. The van der Waals surface area contributed by atoms with Gasteiger partial charge in [0.05, 0.1) is 10.5 Å². The van der Waals surface area contributed by atoms with Gasteiger partial charge in [0.15, 0.2) is 0 Å². The van der Waals surface area contributed by atoms with Crippen LogP contribution in [-0.2, 0) is 4.74 Å². The Morgan fingerprint density at radius 2 is 1.95 bits per heavy atom. The smallest absolute Gasteiger partial charge is 0.338 e. The molecule has 0 saturated heterocycles. The molecule has 0 saturated carbocycles. The van der Waals surface area contributed by atoms with Crippen molar-refractivity contribution in [2.45, 2.75) is 13.0 Å². The summed E-state index contributed by atoms with van der Waals surface area (Å²) in [5.74, 6) is -0.641. The number of benzene rings is 2. The molecule has 0 aliphatic carbocycles. The second kappa shape index (κ2) is 6.04. The fourth-order valence-electron chi connectivity index (χ4n) is 1.82. The minimum absolute atomic E-state index is 0.0348. The summed E-state index contributed by atoms with van der Waals surface area (Å²) in [6.45, 7) is 1.62. The molecule has 0 radical (unpaired) electrons. The average Bonchev–Trinajstić information content (AvgIpc) is 2.47. The summed E-state index contributed by atoms with van der Waals surface area (Å²) in [5.41, 5.74) is 0.678. The first-order valence-corrected chi connectivity index (χ1v) is 6.22. The SMILES string of the molecule is CC(OC(=O)c1cccc(O)c1)c1cccc([N+](=O)[O-])c1. The van der Waals surface area contributed by atoms with Crippen molar-refractivity contribution in [3.63, 3.8) is 0 Å². The van der Waals surface area contributed by atoms with E-state index >= 15 is 0 Å². The molecule has 6 heteroatoms. The Morgan fingerprint density at radius 1 is 1.24 bits per heavy atom. The molecule has 2 aromatic rings. The fraction of sp³-hybridized carbons (Fsp3) is 0.133. The van der Waals surface area contributed by atoms with Gasteiger partial charge in [-0.2, -0.15) is 0 Å². The van der Waals surface area contributed by atoms with Gasteiger partial charge in [-0.1, -0.05) is 18.2 Å². The van der Waals surface area contributed by atoms with E-state index in [1.54, 1.807) is 13.0 Å². The molecule has 0 aliphatic rings. The number of rotatable bonds is 4. The third kappa shape index (κ3) is 3.56. The molecule has 0 aliphatic heterocycles. The number of nitrogens with zero attached hydrogens (tertiary/aromatic N) is 1. The molecule has 0 heterocycles. The van der Waals surface area contributed by atoms with Gasteiger partial charge in [-0.05, 0) is 30.7 Å². The first kappa shape index (κ1) is 14.5. The number of aromatic hydroxyl groups is 1. The van der Waals surface area contributed by atoms with Crippen molar-refractivity contribution in [1.29, 1.82) is 0 Å². The van der Waals surface area contributed by atoms with Crippen LogP contribution >= 0.6 is 0 Å². The number of esters is 1. The van der Waals surface area contributed by atoms with E-state index in [1.165, 1.54) is 42.5 Å². The zero-order valence-corrected chi connectivity index (χ0v) is 11.2. The molecule has 2 aromatic carbocycles. The van der Waals surface area contributed by atoms with Gasteiger partial charge < -0.3 is 9.84 Å². The van der Waals surface area contributed by atoms with Crippen LogP contribution in [0.5, 0.6) is 5.75 Å². The maximum atomic E-state index is 11.9. The van der Waals surface area contributed by atoms with Gasteiger partial charge in [-0.25, -0.2) is 4.79 Å². The molecule has 2 rings (SSSR count). The molecule has 0 spiro atoms. The Bertz CT molecular complexity index is 683. The van der Waals surface area contributed by atoms with Gasteiger partial charge in [0.1, 0.15) is 11.9 Å². The zero-order chi connectivity index (χ0) is 15.4. The second-order valence-corrected chi connectivity index (χ2v) is 4.45. The average molecular weight is 287 g/mol. The standard InChI is InChI=1S/C15H13NO5/c1-10(11-4-2-6-13(8-11)16(19)20)21-15(18)12-5-3-7-14(17)9-12/h2-10,17H,1H3. The largest absolute Gasteiger partial charge is 0.508 e. The van der Waals surface area contributed by atoms with Crippen molar-refractivity contribution in [1.82, 2.24) is 0 Å². The maximum Gasteiger partial charge on any atom is 0.338 e. The summed E-state index contributed by atoms with van der Waals surface area (Å²) in [6.07, 6.45) is -0.639. The number of phenolic OH excluding ortho intramolecular Hbond substituents is 1.